The summed E-state index contributed by atoms with van der Waals surface area (Å²) in [5, 5.41) is 27.8. The third kappa shape index (κ3) is 3.11. The number of tetrazole rings is 1. The van der Waals surface area contributed by atoms with E-state index in [0.717, 1.165) is 16.4 Å². The van der Waals surface area contributed by atoms with Crippen LogP contribution in [0.5, 0.6) is 0 Å². The molecule has 0 atom stereocenters. The van der Waals surface area contributed by atoms with Gasteiger partial charge in [0, 0.05) is 0 Å². The lowest BCUT2D eigenvalue weighted by molar-refractivity contribution is -0.138. The van der Waals surface area contributed by atoms with E-state index >= 15 is 0 Å². The fraction of sp³-hybridized carbons (Fsp3) is 0.143. The monoisotopic (exact) mass is 272 g/mol. The second-order valence-corrected chi connectivity index (χ2v) is 4.18. The lowest BCUT2D eigenvalue weighted by Crippen LogP contribution is -2.11. The van der Waals surface area contributed by atoms with Crippen LogP contribution in [0.3, 0.4) is 0 Å². The molecule has 10 heteroatoms. The van der Waals surface area contributed by atoms with Gasteiger partial charge in [0.1, 0.15) is 11.6 Å². The summed E-state index contributed by atoms with van der Waals surface area (Å²) in [4.78, 5) is 10.5. The maximum Gasteiger partial charge on any atom is 0.325 e. The first-order valence-corrected chi connectivity index (χ1v) is 5.49. The average molecular weight is 273 g/mol. The van der Waals surface area contributed by atoms with Gasteiger partial charge in [0.05, 0.1) is 0 Å². The minimum absolute atomic E-state index is 0.277. The van der Waals surface area contributed by atoms with E-state index < -0.39 is 5.97 Å². The number of hydrogen-bond acceptors (Lipinski definition) is 7. The Morgan fingerprint density at radius 3 is 2.88 bits per heavy atom. The molecule has 0 bridgehead atoms. The zero-order chi connectivity index (χ0) is 12.3. The van der Waals surface area contributed by atoms with Gasteiger partial charge < -0.3 is 5.11 Å². The molecule has 0 spiro atoms. The quantitative estimate of drug-likeness (QED) is 0.850. The lowest BCUT2D eigenvalue weighted by Gasteiger charge is -1.99. The fourth-order valence-electron chi connectivity index (χ4n) is 0.949. The molecule has 0 aliphatic heterocycles. The number of aromatic nitrogens is 6. The number of rotatable bonds is 4. The summed E-state index contributed by atoms with van der Waals surface area (Å²) >= 11 is 6.69. The number of hydrogen-bond donors (Lipinski definition) is 1. The van der Waals surface area contributed by atoms with Crippen LogP contribution in [-0.2, 0) is 11.3 Å². The molecule has 2 rings (SSSR count). The Kier molecular flexibility index (Phi) is 3.49. The van der Waals surface area contributed by atoms with Gasteiger partial charge in [-0.25, -0.2) is 4.68 Å². The summed E-state index contributed by atoms with van der Waals surface area (Å²) in [6, 6.07) is 3.21. The zero-order valence-corrected chi connectivity index (χ0v) is 9.76. The Bertz CT molecular complexity index is 529. The summed E-state index contributed by atoms with van der Waals surface area (Å²) in [5.74, 6) is -1.03. The molecule has 0 aromatic carbocycles. The van der Waals surface area contributed by atoms with Gasteiger partial charge in [-0.05, 0) is 34.3 Å². The zero-order valence-electron chi connectivity index (χ0n) is 8.19. The third-order valence-electron chi connectivity index (χ3n) is 1.59. The lowest BCUT2D eigenvalue weighted by atomic mass is 10.6. The number of carbonyl (C=O) groups is 1. The highest BCUT2D eigenvalue weighted by molar-refractivity contribution is 7.99. The molecule has 0 aliphatic carbocycles. The van der Waals surface area contributed by atoms with E-state index in [2.05, 4.69) is 25.7 Å². The Morgan fingerprint density at radius 1 is 1.41 bits per heavy atom. The van der Waals surface area contributed by atoms with Crippen molar-refractivity contribution in [3.05, 3.63) is 17.3 Å². The Balaban J connectivity index is 2.15. The number of carboxylic acids is 1. The van der Waals surface area contributed by atoms with Crippen molar-refractivity contribution in [2.75, 3.05) is 0 Å². The predicted molar refractivity (Wildman–Crippen MR) is 56.6 cm³/mol. The smallest absolute Gasteiger partial charge is 0.325 e. The van der Waals surface area contributed by atoms with Crippen molar-refractivity contribution in [1.82, 2.24) is 30.4 Å². The van der Waals surface area contributed by atoms with Gasteiger partial charge in [0.2, 0.25) is 5.16 Å². The fourth-order valence-corrected chi connectivity index (χ4v) is 1.74. The molecule has 8 nitrogen and oxygen atoms in total. The first-order valence-electron chi connectivity index (χ1n) is 4.30. The van der Waals surface area contributed by atoms with Crippen LogP contribution in [0.1, 0.15) is 0 Å². The molecule has 88 valence electrons. The number of halogens is 1. The van der Waals surface area contributed by atoms with E-state index in [9.17, 15) is 4.79 Å². The van der Waals surface area contributed by atoms with Gasteiger partial charge in [-0.1, -0.05) is 11.6 Å². The van der Waals surface area contributed by atoms with Gasteiger partial charge >= 0.3 is 5.97 Å². The van der Waals surface area contributed by atoms with E-state index in [-0.39, 0.29) is 11.7 Å². The third-order valence-corrected chi connectivity index (χ3v) is 2.69. The van der Waals surface area contributed by atoms with Gasteiger partial charge in [-0.2, -0.15) is 0 Å². The van der Waals surface area contributed by atoms with Gasteiger partial charge in [-0.15, -0.1) is 15.3 Å². The van der Waals surface area contributed by atoms with Crippen molar-refractivity contribution < 1.29 is 9.90 Å². The molecule has 1 N–H and O–H groups in total. The maximum atomic E-state index is 10.5. The molecule has 0 saturated carbocycles. The highest BCUT2D eigenvalue weighted by Crippen LogP contribution is 2.22. The van der Waals surface area contributed by atoms with Gasteiger partial charge in [-0.3, -0.25) is 4.79 Å². The van der Waals surface area contributed by atoms with Crippen molar-refractivity contribution in [3.8, 4) is 0 Å². The van der Waals surface area contributed by atoms with Crippen LogP contribution in [0.25, 0.3) is 0 Å². The highest BCUT2D eigenvalue weighted by atomic mass is 35.5. The normalized spacial score (nSPS) is 10.4. The molecule has 0 saturated heterocycles. The van der Waals surface area contributed by atoms with Crippen LogP contribution < -0.4 is 0 Å². The Labute approximate surface area is 104 Å². The second kappa shape index (κ2) is 5.06. The van der Waals surface area contributed by atoms with Crippen LogP contribution in [0.15, 0.2) is 22.3 Å². The van der Waals surface area contributed by atoms with Crippen molar-refractivity contribution in [2.45, 2.75) is 16.7 Å². The molecule has 0 aliphatic rings. The summed E-state index contributed by atoms with van der Waals surface area (Å²) in [6.07, 6.45) is 0. The van der Waals surface area contributed by atoms with Crippen LogP contribution in [-0.4, -0.2) is 41.5 Å². The molecule has 0 amide bonds. The molecule has 0 fully saturated rings. The first-order chi connectivity index (χ1) is 8.15. The molecular weight excluding hydrogens is 268 g/mol. The van der Waals surface area contributed by atoms with Crippen molar-refractivity contribution in [1.29, 1.82) is 0 Å². The SMILES string of the molecule is O=C(O)Cn1nnnc1Sc1ccc(Cl)nn1. The number of carboxylic acid groups (broad SMARTS) is 1. The Hall–Kier alpha value is -1.74. The van der Waals surface area contributed by atoms with Crippen molar-refractivity contribution in [3.63, 3.8) is 0 Å². The van der Waals surface area contributed by atoms with Gasteiger partial charge in [0.15, 0.2) is 5.15 Å². The molecule has 0 unspecified atom stereocenters. The van der Waals surface area contributed by atoms with E-state index in [1.54, 1.807) is 12.1 Å². The largest absolute Gasteiger partial charge is 0.480 e. The number of aliphatic carboxylic acids is 1. The summed E-state index contributed by atoms with van der Waals surface area (Å²) < 4.78 is 1.16. The molecule has 0 radical (unpaired) electrons. The minimum Gasteiger partial charge on any atom is -0.480 e. The predicted octanol–water partition coefficient (Wildman–Crippen LogP) is 0.352. The van der Waals surface area contributed by atoms with Crippen LogP contribution in [0, 0.1) is 0 Å². The minimum atomic E-state index is -1.03. The van der Waals surface area contributed by atoms with Crippen LogP contribution in [0.2, 0.25) is 5.15 Å². The summed E-state index contributed by atoms with van der Waals surface area (Å²) in [7, 11) is 0. The summed E-state index contributed by atoms with van der Waals surface area (Å²) in [6.45, 7) is -0.309. The Morgan fingerprint density at radius 2 is 2.24 bits per heavy atom. The number of nitrogens with zero attached hydrogens (tertiary/aromatic N) is 6. The second-order valence-electron chi connectivity index (χ2n) is 2.81. The van der Waals surface area contributed by atoms with E-state index in [1.807, 2.05) is 0 Å². The molecule has 2 heterocycles. The van der Waals surface area contributed by atoms with Gasteiger partial charge in [0.25, 0.3) is 0 Å². The highest BCUT2D eigenvalue weighted by Gasteiger charge is 2.11. The summed E-state index contributed by atoms with van der Waals surface area (Å²) in [5.41, 5.74) is 0. The van der Waals surface area contributed by atoms with E-state index in [4.69, 9.17) is 16.7 Å². The maximum absolute atomic E-state index is 10.5. The van der Waals surface area contributed by atoms with E-state index in [0.29, 0.717) is 10.2 Å². The molecular formula is C7H5ClN6O2S. The molecule has 17 heavy (non-hydrogen) atoms. The topological polar surface area (TPSA) is 107 Å². The van der Waals surface area contributed by atoms with Crippen molar-refractivity contribution in [2.24, 2.45) is 0 Å². The van der Waals surface area contributed by atoms with E-state index in [1.165, 1.54) is 0 Å². The average Bonchev–Trinajstić information content (AvgIpc) is 2.68. The molecule has 2 aromatic rings. The molecule has 2 aromatic heterocycles. The van der Waals surface area contributed by atoms with Crippen molar-refractivity contribution >= 4 is 29.3 Å². The first kappa shape index (κ1) is 11.7. The van der Waals surface area contributed by atoms with Crippen LogP contribution in [0.4, 0.5) is 0 Å². The van der Waals surface area contributed by atoms with Crippen LogP contribution >= 0.6 is 23.4 Å². The standard InChI is InChI=1S/C7H5ClN6O2S/c8-4-1-2-5(10-9-4)17-7-11-12-13-14(7)3-6(15)16/h1-2H,3H2,(H,15,16).